The van der Waals surface area contributed by atoms with Crippen LogP contribution < -0.4 is 25.3 Å². The number of amidine groups is 1. The highest BCUT2D eigenvalue weighted by Crippen LogP contribution is 2.36. The number of hydrogen-bond donors (Lipinski definition) is 3. The van der Waals surface area contributed by atoms with E-state index in [2.05, 4.69) is 30.4 Å². The van der Waals surface area contributed by atoms with Crippen molar-refractivity contribution in [3.05, 3.63) is 77.6 Å². The van der Waals surface area contributed by atoms with Crippen molar-refractivity contribution < 1.29 is 33.2 Å². The summed E-state index contributed by atoms with van der Waals surface area (Å²) in [4.78, 5) is 28.8. The zero-order valence-electron chi connectivity index (χ0n) is 25.6. The van der Waals surface area contributed by atoms with Crippen LogP contribution >= 0.6 is 11.6 Å². The Kier molecular flexibility index (Phi) is 11.3. The summed E-state index contributed by atoms with van der Waals surface area (Å²) in [5, 5.41) is 17.0. The summed E-state index contributed by atoms with van der Waals surface area (Å²) < 4.78 is 38.8. The lowest BCUT2D eigenvalue weighted by atomic mass is 9.99. The normalized spacial score (nSPS) is 12.4. The van der Waals surface area contributed by atoms with Gasteiger partial charge >= 0.3 is 12.1 Å². The van der Waals surface area contributed by atoms with Crippen LogP contribution in [0.15, 0.2) is 59.9 Å². The number of aliphatic imine (C=N–C) groups is 1. The third kappa shape index (κ3) is 8.79. The van der Waals surface area contributed by atoms with Crippen LogP contribution in [0.25, 0.3) is 5.95 Å². The maximum Gasteiger partial charge on any atom is 0.435 e. The minimum Gasteiger partial charge on any atom is -0.497 e. The van der Waals surface area contributed by atoms with Crippen molar-refractivity contribution in [1.29, 1.82) is 0 Å². The van der Waals surface area contributed by atoms with Crippen molar-refractivity contribution in [2.24, 2.45) is 16.1 Å². The molecule has 16 heteroatoms. The number of ether oxygens (including phenoxy) is 4. The minimum absolute atomic E-state index is 0.0410. The molecular formula is C30H34ClFN8O6. The number of nitrogens with one attached hydrogen (secondary N) is 1. The van der Waals surface area contributed by atoms with Crippen LogP contribution in [0.3, 0.4) is 0 Å². The summed E-state index contributed by atoms with van der Waals surface area (Å²) in [6, 6.07) is 9.63. The van der Waals surface area contributed by atoms with Crippen molar-refractivity contribution in [3.63, 3.8) is 0 Å². The van der Waals surface area contributed by atoms with E-state index in [1.165, 1.54) is 36.3 Å². The molecule has 0 saturated heterocycles. The summed E-state index contributed by atoms with van der Waals surface area (Å²) in [7, 11) is 1.42. The first-order chi connectivity index (χ1) is 22.0. The summed E-state index contributed by atoms with van der Waals surface area (Å²) in [5.74, 6) is -0.482. The average molecular weight is 657 g/mol. The molecule has 244 valence electrons. The molecule has 0 aliphatic heterocycles. The monoisotopic (exact) mass is 656 g/mol. The van der Waals surface area contributed by atoms with Crippen LogP contribution in [0.4, 0.5) is 14.9 Å². The van der Waals surface area contributed by atoms with Gasteiger partial charge in [-0.05, 0) is 41.8 Å². The van der Waals surface area contributed by atoms with Gasteiger partial charge in [0, 0.05) is 35.3 Å². The number of benzene rings is 2. The molecule has 4 aromatic rings. The lowest BCUT2D eigenvalue weighted by molar-refractivity contribution is 0.115. The number of anilines is 1. The number of carbonyl (C=O) groups excluding carboxylic acids is 1. The zero-order valence-corrected chi connectivity index (χ0v) is 26.4. The van der Waals surface area contributed by atoms with Gasteiger partial charge in [0.1, 0.15) is 24.2 Å². The quantitative estimate of drug-likeness (QED) is 0.106. The zero-order chi connectivity index (χ0) is 33.3. The van der Waals surface area contributed by atoms with Crippen molar-refractivity contribution in [3.8, 4) is 23.5 Å². The maximum absolute atomic E-state index is 16.0. The fourth-order valence-corrected chi connectivity index (χ4v) is 4.05. The summed E-state index contributed by atoms with van der Waals surface area (Å²) in [6.07, 6.45) is 2.22. The second kappa shape index (κ2) is 15.3. The third-order valence-electron chi connectivity index (χ3n) is 6.05. The van der Waals surface area contributed by atoms with Crippen LogP contribution in [-0.4, -0.2) is 74.8 Å². The smallest absolute Gasteiger partial charge is 0.435 e. The Morgan fingerprint density at radius 1 is 1.17 bits per heavy atom. The van der Waals surface area contributed by atoms with E-state index in [1.807, 2.05) is 20.8 Å². The van der Waals surface area contributed by atoms with Gasteiger partial charge in [0.2, 0.25) is 0 Å². The molecule has 0 spiro atoms. The van der Waals surface area contributed by atoms with E-state index < -0.39 is 18.0 Å². The molecule has 0 radical (unpaired) electrons. The fourth-order valence-electron chi connectivity index (χ4n) is 3.95. The number of methoxy groups -OCH3 is 1. The van der Waals surface area contributed by atoms with Crippen molar-refractivity contribution in [2.75, 3.05) is 38.3 Å². The highest BCUT2D eigenvalue weighted by molar-refractivity contribution is 6.17. The Morgan fingerprint density at radius 2 is 1.89 bits per heavy atom. The maximum atomic E-state index is 16.0. The number of aromatic nitrogens is 5. The van der Waals surface area contributed by atoms with Crippen molar-refractivity contribution >= 4 is 29.2 Å². The van der Waals surface area contributed by atoms with Gasteiger partial charge in [-0.25, -0.2) is 19.2 Å². The van der Waals surface area contributed by atoms with Crippen LogP contribution in [0, 0.1) is 11.2 Å². The summed E-state index contributed by atoms with van der Waals surface area (Å²) >= 11 is 5.85. The Balaban J connectivity index is 1.74. The predicted molar refractivity (Wildman–Crippen MR) is 167 cm³/mol. The van der Waals surface area contributed by atoms with E-state index in [-0.39, 0.29) is 72.0 Å². The Labute approximate surface area is 269 Å². The second-order valence-electron chi connectivity index (χ2n) is 10.8. The molecule has 46 heavy (non-hydrogen) atoms. The molecule has 0 aliphatic carbocycles. The van der Waals surface area contributed by atoms with Crippen LogP contribution in [0.1, 0.15) is 43.8 Å². The SMILES string of the molecule is COc1cc(OCCO)c(F)c(C(Nc2ccc(C(N)=NC(=O)OCC(C)(C)C)cc2)c2nc(OCCl)n(-c3ncccn3)n2)c1. The van der Waals surface area contributed by atoms with Gasteiger partial charge in [-0.2, -0.15) is 9.98 Å². The first kappa shape index (κ1) is 33.9. The molecule has 4 N–H and O–H groups in total. The molecule has 1 unspecified atom stereocenters. The highest BCUT2D eigenvalue weighted by Gasteiger charge is 2.29. The van der Waals surface area contributed by atoms with Crippen molar-refractivity contribution in [1.82, 2.24) is 24.7 Å². The number of halogens is 2. The number of amides is 1. The molecule has 1 amide bonds. The number of aliphatic hydroxyl groups excluding tert-OH is 1. The Bertz CT molecular complexity index is 1650. The predicted octanol–water partition coefficient (Wildman–Crippen LogP) is 4.24. The molecule has 1 atom stereocenters. The summed E-state index contributed by atoms with van der Waals surface area (Å²) in [5.41, 5.74) is 6.81. The lowest BCUT2D eigenvalue weighted by Gasteiger charge is -2.21. The number of alkyl halides is 1. The molecule has 14 nitrogen and oxygen atoms in total. The van der Waals surface area contributed by atoms with Gasteiger partial charge in [0.15, 0.2) is 23.5 Å². The van der Waals surface area contributed by atoms with E-state index in [0.29, 0.717) is 11.3 Å². The molecular weight excluding hydrogens is 623 g/mol. The molecule has 2 aromatic heterocycles. The van der Waals surface area contributed by atoms with Gasteiger partial charge in [-0.15, -0.1) is 9.78 Å². The fraction of sp³-hybridized carbons (Fsp3) is 0.333. The molecule has 0 bridgehead atoms. The molecule has 2 heterocycles. The largest absolute Gasteiger partial charge is 0.497 e. The van der Waals surface area contributed by atoms with Gasteiger partial charge in [0.25, 0.3) is 5.95 Å². The second-order valence-corrected chi connectivity index (χ2v) is 11.1. The number of hydrogen-bond acceptors (Lipinski definition) is 11. The van der Waals surface area contributed by atoms with Crippen LogP contribution in [0.5, 0.6) is 17.5 Å². The van der Waals surface area contributed by atoms with E-state index in [1.54, 1.807) is 30.3 Å². The van der Waals surface area contributed by atoms with Crippen LogP contribution in [0.2, 0.25) is 0 Å². The number of nitrogens with zero attached hydrogens (tertiary/aromatic N) is 6. The number of aliphatic hydroxyl groups is 1. The third-order valence-corrected chi connectivity index (χ3v) is 6.15. The van der Waals surface area contributed by atoms with E-state index in [4.69, 9.17) is 36.3 Å². The van der Waals surface area contributed by atoms with Crippen LogP contribution in [-0.2, 0) is 4.74 Å². The molecule has 2 aromatic carbocycles. The Hall–Kier alpha value is -5.02. The minimum atomic E-state index is -1.07. The first-order valence-corrected chi connectivity index (χ1v) is 14.5. The molecule has 0 fully saturated rings. The number of nitrogens with two attached hydrogens (primary N) is 1. The highest BCUT2D eigenvalue weighted by atomic mass is 35.5. The van der Waals surface area contributed by atoms with Crippen molar-refractivity contribution in [2.45, 2.75) is 26.8 Å². The molecule has 0 saturated carbocycles. The van der Waals surface area contributed by atoms with E-state index >= 15 is 4.39 Å². The first-order valence-electron chi connectivity index (χ1n) is 13.9. The lowest BCUT2D eigenvalue weighted by Crippen LogP contribution is -2.20. The van der Waals surface area contributed by atoms with Gasteiger partial charge in [-0.3, -0.25) is 0 Å². The van der Waals surface area contributed by atoms with Gasteiger partial charge < -0.3 is 35.1 Å². The number of rotatable bonds is 13. The number of carbonyl (C=O) groups is 1. The molecule has 4 rings (SSSR count). The Morgan fingerprint density at radius 3 is 2.52 bits per heavy atom. The van der Waals surface area contributed by atoms with Gasteiger partial charge in [0.05, 0.1) is 20.3 Å². The van der Waals surface area contributed by atoms with Gasteiger partial charge in [-0.1, -0.05) is 32.4 Å². The van der Waals surface area contributed by atoms with E-state index in [0.717, 1.165) is 0 Å². The average Bonchev–Trinajstić information content (AvgIpc) is 3.46. The standard InChI is InChI=1S/C30H34ClFN8O6/c1-30(2,3)16-45-29(42)37-25(33)18-6-8-19(9-7-18)36-24(21-14-20(43-4)15-22(23(21)32)44-13-12-41)26-38-28(46-17-31)40(39-26)27-34-10-5-11-35-27/h5-11,14-15,24,36,41H,12-13,16-17H2,1-4H3,(H2,33,37,42). The topological polar surface area (TPSA) is 181 Å². The van der Waals surface area contributed by atoms with E-state index in [9.17, 15) is 9.90 Å². The summed E-state index contributed by atoms with van der Waals surface area (Å²) in [6.45, 7) is 5.47. The molecule has 0 aliphatic rings.